The summed E-state index contributed by atoms with van der Waals surface area (Å²) < 4.78 is 11.6. The number of aromatic amines is 1. The first kappa shape index (κ1) is 20.4. The van der Waals surface area contributed by atoms with Crippen molar-refractivity contribution in [1.82, 2.24) is 9.97 Å². The molecule has 3 aromatic rings. The fraction of sp³-hybridized carbons (Fsp3) is 0.190. The normalized spacial score (nSPS) is 10.9. The molecule has 0 radical (unpaired) electrons. The highest BCUT2D eigenvalue weighted by atomic mass is 35.5. The van der Waals surface area contributed by atoms with Crippen molar-refractivity contribution < 1.29 is 9.47 Å². The van der Waals surface area contributed by atoms with Crippen molar-refractivity contribution in [2.24, 2.45) is 5.10 Å². The number of nitrogens with one attached hydrogen (secondary N) is 2. The standard InChI is InChI=1S/C21H21ClN4O3/c1-3-28-19-11-15(12-23-26-21-24-14(2)9-20(27)25-21)7-8-18(19)29-13-16-5-4-6-17(22)10-16/h4-12H,3,13H2,1-2H3,(H2,24,25,26,27)/b23-12-. The Kier molecular flexibility index (Phi) is 6.86. The molecule has 0 atom stereocenters. The number of H-pyrrole nitrogens is 1. The average Bonchev–Trinajstić information content (AvgIpc) is 2.67. The van der Waals surface area contributed by atoms with Crippen molar-refractivity contribution >= 4 is 23.8 Å². The van der Waals surface area contributed by atoms with Crippen molar-refractivity contribution in [2.75, 3.05) is 12.0 Å². The lowest BCUT2D eigenvalue weighted by Gasteiger charge is -2.12. The first-order chi connectivity index (χ1) is 14.0. The molecule has 0 saturated carbocycles. The Hall–Kier alpha value is -3.32. The van der Waals surface area contributed by atoms with Crippen LogP contribution in [-0.4, -0.2) is 22.8 Å². The number of rotatable bonds is 8. The molecule has 29 heavy (non-hydrogen) atoms. The van der Waals surface area contributed by atoms with Gasteiger partial charge in [0.1, 0.15) is 6.61 Å². The molecule has 0 bridgehead atoms. The maximum absolute atomic E-state index is 11.5. The maximum atomic E-state index is 11.5. The number of ether oxygens (including phenoxy) is 2. The second-order valence-electron chi connectivity index (χ2n) is 6.16. The predicted octanol–water partition coefficient (Wildman–Crippen LogP) is 4.16. The number of hydrazone groups is 1. The van der Waals surface area contributed by atoms with Crippen molar-refractivity contribution in [3.8, 4) is 11.5 Å². The molecular weight excluding hydrogens is 392 g/mol. The fourth-order valence-electron chi connectivity index (χ4n) is 2.58. The third-order valence-corrected chi connectivity index (χ3v) is 4.04. The van der Waals surface area contributed by atoms with E-state index < -0.39 is 0 Å². The van der Waals surface area contributed by atoms with Crippen LogP contribution in [0.25, 0.3) is 0 Å². The minimum Gasteiger partial charge on any atom is -0.490 e. The number of benzene rings is 2. The van der Waals surface area contributed by atoms with Gasteiger partial charge in [-0.1, -0.05) is 23.7 Å². The molecule has 0 saturated heterocycles. The second kappa shape index (κ2) is 9.75. The summed E-state index contributed by atoms with van der Waals surface area (Å²) in [6.45, 7) is 4.52. The molecule has 8 heteroatoms. The molecule has 0 fully saturated rings. The summed E-state index contributed by atoms with van der Waals surface area (Å²) in [5.74, 6) is 1.51. The Morgan fingerprint density at radius 3 is 2.79 bits per heavy atom. The van der Waals surface area contributed by atoms with Gasteiger partial charge in [0.25, 0.3) is 5.56 Å². The van der Waals surface area contributed by atoms with E-state index in [0.717, 1.165) is 11.1 Å². The first-order valence-electron chi connectivity index (χ1n) is 9.04. The maximum Gasteiger partial charge on any atom is 0.252 e. The average molecular weight is 413 g/mol. The van der Waals surface area contributed by atoms with Gasteiger partial charge in [0.05, 0.1) is 12.8 Å². The molecule has 0 aliphatic rings. The van der Waals surface area contributed by atoms with E-state index in [1.807, 2.05) is 49.4 Å². The van der Waals surface area contributed by atoms with Crippen molar-refractivity contribution in [3.05, 3.63) is 80.7 Å². The molecule has 150 valence electrons. The molecule has 0 aliphatic heterocycles. The van der Waals surface area contributed by atoms with E-state index in [2.05, 4.69) is 20.5 Å². The highest BCUT2D eigenvalue weighted by Gasteiger charge is 2.07. The summed E-state index contributed by atoms with van der Waals surface area (Å²) in [7, 11) is 0. The Balaban J connectivity index is 1.70. The number of aromatic nitrogens is 2. The Morgan fingerprint density at radius 2 is 2.03 bits per heavy atom. The van der Waals surface area contributed by atoms with Gasteiger partial charge in [0.2, 0.25) is 5.95 Å². The molecule has 7 nitrogen and oxygen atoms in total. The van der Waals surface area contributed by atoms with Crippen LogP contribution in [0, 0.1) is 6.92 Å². The van der Waals surface area contributed by atoms with Crippen molar-refractivity contribution in [3.63, 3.8) is 0 Å². The quantitative estimate of drug-likeness (QED) is 0.428. The molecule has 1 heterocycles. The fourth-order valence-corrected chi connectivity index (χ4v) is 2.79. The van der Waals surface area contributed by atoms with Crippen molar-refractivity contribution in [1.29, 1.82) is 0 Å². The molecule has 0 unspecified atom stereocenters. The van der Waals surface area contributed by atoms with Gasteiger partial charge in [-0.05, 0) is 55.3 Å². The van der Waals surface area contributed by atoms with E-state index in [1.165, 1.54) is 6.07 Å². The topological polar surface area (TPSA) is 88.6 Å². The number of nitrogens with zero attached hydrogens (tertiary/aromatic N) is 2. The largest absolute Gasteiger partial charge is 0.490 e. The number of halogens is 1. The summed E-state index contributed by atoms with van der Waals surface area (Å²) in [4.78, 5) is 18.2. The number of anilines is 1. The molecule has 0 amide bonds. The highest BCUT2D eigenvalue weighted by molar-refractivity contribution is 6.30. The zero-order chi connectivity index (χ0) is 20.6. The summed E-state index contributed by atoms with van der Waals surface area (Å²) in [5.41, 5.74) is 4.84. The van der Waals surface area contributed by atoms with E-state index in [1.54, 1.807) is 13.1 Å². The van der Waals surface area contributed by atoms with Crippen LogP contribution < -0.4 is 20.5 Å². The van der Waals surface area contributed by atoms with Crippen LogP contribution in [0.15, 0.2) is 58.4 Å². The van der Waals surface area contributed by atoms with Crippen LogP contribution in [0.3, 0.4) is 0 Å². The van der Waals surface area contributed by atoms with Crippen LogP contribution >= 0.6 is 11.6 Å². The van der Waals surface area contributed by atoms with Crippen LogP contribution in [0.1, 0.15) is 23.7 Å². The Labute approximate surface area is 173 Å². The number of hydrogen-bond donors (Lipinski definition) is 2. The summed E-state index contributed by atoms with van der Waals surface area (Å²) in [6, 6.07) is 14.4. The van der Waals surface area contributed by atoms with Gasteiger partial charge < -0.3 is 9.47 Å². The van der Waals surface area contributed by atoms with Gasteiger partial charge in [0.15, 0.2) is 11.5 Å². The van der Waals surface area contributed by atoms with Gasteiger partial charge in [0, 0.05) is 16.8 Å². The smallest absolute Gasteiger partial charge is 0.252 e. The summed E-state index contributed by atoms with van der Waals surface area (Å²) >= 11 is 6.01. The van der Waals surface area contributed by atoms with Crippen LogP contribution in [0.4, 0.5) is 5.95 Å². The molecule has 0 spiro atoms. The highest BCUT2D eigenvalue weighted by Crippen LogP contribution is 2.29. The van der Waals surface area contributed by atoms with Crippen LogP contribution in [0.2, 0.25) is 5.02 Å². The number of aryl methyl sites for hydroxylation is 1. The molecule has 2 aromatic carbocycles. The SMILES string of the molecule is CCOc1cc(/C=N\Nc2nc(C)cc(=O)[nH]2)ccc1OCc1cccc(Cl)c1. The second-order valence-corrected chi connectivity index (χ2v) is 6.60. The van der Waals surface area contributed by atoms with Gasteiger partial charge >= 0.3 is 0 Å². The molecule has 1 aromatic heterocycles. The van der Waals surface area contributed by atoms with E-state index >= 15 is 0 Å². The van der Waals surface area contributed by atoms with Gasteiger partial charge in [-0.25, -0.2) is 10.4 Å². The monoisotopic (exact) mass is 412 g/mol. The minimum atomic E-state index is -0.241. The van der Waals surface area contributed by atoms with Crippen LogP contribution in [0.5, 0.6) is 11.5 Å². The zero-order valence-electron chi connectivity index (χ0n) is 16.1. The summed E-state index contributed by atoms with van der Waals surface area (Å²) in [6.07, 6.45) is 1.60. The first-order valence-corrected chi connectivity index (χ1v) is 9.42. The zero-order valence-corrected chi connectivity index (χ0v) is 16.9. The molecule has 3 rings (SSSR count). The van der Waals surface area contributed by atoms with Gasteiger partial charge in [-0.2, -0.15) is 5.10 Å². The Bertz CT molecular complexity index is 1070. The van der Waals surface area contributed by atoms with E-state index in [9.17, 15) is 4.79 Å². The minimum absolute atomic E-state index is 0.241. The molecule has 2 N–H and O–H groups in total. The molecular formula is C21H21ClN4O3. The lowest BCUT2D eigenvalue weighted by atomic mass is 10.2. The predicted molar refractivity (Wildman–Crippen MR) is 114 cm³/mol. The molecule has 0 aliphatic carbocycles. The third kappa shape index (κ3) is 6.08. The van der Waals surface area contributed by atoms with Gasteiger partial charge in [-0.3, -0.25) is 9.78 Å². The van der Waals surface area contributed by atoms with E-state index in [4.69, 9.17) is 21.1 Å². The van der Waals surface area contributed by atoms with Crippen LogP contribution in [-0.2, 0) is 6.61 Å². The lowest BCUT2D eigenvalue weighted by Crippen LogP contribution is -2.10. The lowest BCUT2D eigenvalue weighted by molar-refractivity contribution is 0.269. The third-order valence-electron chi connectivity index (χ3n) is 3.80. The summed E-state index contributed by atoms with van der Waals surface area (Å²) in [5, 5.41) is 4.78. The Morgan fingerprint density at radius 1 is 1.17 bits per heavy atom. The van der Waals surface area contributed by atoms with Gasteiger partial charge in [-0.15, -0.1) is 0 Å². The van der Waals surface area contributed by atoms with E-state index in [-0.39, 0.29) is 11.5 Å². The van der Waals surface area contributed by atoms with E-state index in [0.29, 0.717) is 35.4 Å². The number of hydrogen-bond acceptors (Lipinski definition) is 6. The van der Waals surface area contributed by atoms with Crippen molar-refractivity contribution in [2.45, 2.75) is 20.5 Å².